The summed E-state index contributed by atoms with van der Waals surface area (Å²) in [5, 5.41) is 3.79. The molecule has 2 aromatic heterocycles. The van der Waals surface area contributed by atoms with Crippen LogP contribution in [0.4, 0.5) is 16.6 Å². The Hall–Kier alpha value is -3.59. The van der Waals surface area contributed by atoms with E-state index < -0.39 is 0 Å². The molecule has 0 bridgehead atoms. The summed E-state index contributed by atoms with van der Waals surface area (Å²) in [6, 6.07) is 7.67. The summed E-state index contributed by atoms with van der Waals surface area (Å²) in [6.07, 6.45) is 2.76. The number of rotatable bonds is 6. The number of hydrogen-bond acceptors (Lipinski definition) is 5. The molecule has 0 unspecified atom stereocenters. The third-order valence-electron chi connectivity index (χ3n) is 6.45. The fraction of sp³-hybridized carbons (Fsp3) is 0.375. The molecule has 2 amide bonds. The van der Waals surface area contributed by atoms with Gasteiger partial charge < -0.3 is 19.8 Å². The first-order chi connectivity index (χ1) is 16.0. The number of urea groups is 1. The average Bonchev–Trinajstić information content (AvgIpc) is 3.41. The van der Waals surface area contributed by atoms with Crippen molar-refractivity contribution < 1.29 is 9.59 Å². The molecule has 33 heavy (non-hydrogen) atoms. The molecule has 2 aliphatic heterocycles. The number of nitrogens with one attached hydrogen (secondary N) is 2. The number of Topliss-reactive ketones (excluding diaryl/α,β-unsaturated/α-hetero) is 1. The third kappa shape index (κ3) is 3.68. The summed E-state index contributed by atoms with van der Waals surface area (Å²) in [7, 11) is 1.72. The second kappa shape index (κ2) is 8.40. The van der Waals surface area contributed by atoms with E-state index in [9.17, 15) is 9.59 Å². The normalized spacial score (nSPS) is 16.9. The number of carbonyl (C=O) groups is 2. The van der Waals surface area contributed by atoms with E-state index in [1.807, 2.05) is 30.5 Å². The largest absolute Gasteiger partial charge is 0.360 e. The molecule has 9 nitrogen and oxygen atoms in total. The van der Waals surface area contributed by atoms with Gasteiger partial charge in [0.1, 0.15) is 5.69 Å². The number of H-pyrrole nitrogens is 1. The lowest BCUT2D eigenvalue weighted by molar-refractivity contribution is 0.0927. The lowest BCUT2D eigenvalue weighted by atomic mass is 10.1. The van der Waals surface area contributed by atoms with Crippen LogP contribution >= 0.6 is 0 Å². The minimum absolute atomic E-state index is 0.131. The summed E-state index contributed by atoms with van der Waals surface area (Å²) < 4.78 is 2.15. The minimum atomic E-state index is -0.221. The maximum Gasteiger partial charge on any atom is 0.327 e. The number of amides is 2. The quantitative estimate of drug-likeness (QED) is 0.567. The number of nitrogens with zero attached hydrogens (tertiary/aromatic N) is 5. The topological polar surface area (TPSA) is 89.5 Å². The molecule has 5 rings (SSSR count). The van der Waals surface area contributed by atoms with E-state index in [1.54, 1.807) is 7.05 Å². The van der Waals surface area contributed by atoms with Gasteiger partial charge in [-0.05, 0) is 12.5 Å². The van der Waals surface area contributed by atoms with Crippen molar-refractivity contribution in [3.8, 4) is 0 Å². The number of benzene rings is 1. The van der Waals surface area contributed by atoms with Crippen LogP contribution in [0.5, 0.6) is 0 Å². The Balaban J connectivity index is 1.31. The fourth-order valence-corrected chi connectivity index (χ4v) is 4.70. The monoisotopic (exact) mass is 447 g/mol. The molecule has 3 aromatic rings. The zero-order valence-corrected chi connectivity index (χ0v) is 19.1. The summed E-state index contributed by atoms with van der Waals surface area (Å²) in [5.41, 5.74) is 3.18. The molecule has 1 fully saturated rings. The number of aromatic nitrogens is 3. The van der Waals surface area contributed by atoms with E-state index in [0.717, 1.165) is 67.3 Å². The van der Waals surface area contributed by atoms with Crippen molar-refractivity contribution in [2.75, 3.05) is 49.6 Å². The molecule has 0 radical (unpaired) electrons. The number of anilines is 2. The maximum absolute atomic E-state index is 13.0. The SMILES string of the molecule is C=C1NC(=O)N(C)c2nc(N3CCN(CC(=O)c4c[nH]c5ccccc45)CC3)n(CCC)c21. The summed E-state index contributed by atoms with van der Waals surface area (Å²) in [5.74, 6) is 1.63. The first kappa shape index (κ1) is 21.3. The Bertz CT molecular complexity index is 1230. The van der Waals surface area contributed by atoms with Crippen molar-refractivity contribution in [2.24, 2.45) is 0 Å². The number of piperazine rings is 1. The van der Waals surface area contributed by atoms with Crippen LogP contribution in [-0.4, -0.2) is 71.0 Å². The molecule has 0 saturated carbocycles. The summed E-state index contributed by atoms with van der Waals surface area (Å²) in [6.45, 7) is 10.4. The van der Waals surface area contributed by atoms with Gasteiger partial charge in [-0.3, -0.25) is 14.6 Å². The van der Waals surface area contributed by atoms with Crippen LogP contribution in [0.25, 0.3) is 16.6 Å². The smallest absolute Gasteiger partial charge is 0.327 e. The molecule has 2 N–H and O–H groups in total. The fourth-order valence-electron chi connectivity index (χ4n) is 4.70. The molecule has 0 aliphatic carbocycles. The van der Waals surface area contributed by atoms with E-state index in [2.05, 4.69) is 38.2 Å². The number of carbonyl (C=O) groups excluding carboxylic acids is 2. The van der Waals surface area contributed by atoms with Gasteiger partial charge in [0.15, 0.2) is 11.6 Å². The van der Waals surface area contributed by atoms with Gasteiger partial charge in [0.25, 0.3) is 0 Å². The van der Waals surface area contributed by atoms with Crippen molar-refractivity contribution in [1.29, 1.82) is 0 Å². The van der Waals surface area contributed by atoms with Gasteiger partial charge >= 0.3 is 6.03 Å². The van der Waals surface area contributed by atoms with Crippen molar-refractivity contribution in [3.05, 3.63) is 48.3 Å². The van der Waals surface area contributed by atoms with E-state index in [0.29, 0.717) is 18.1 Å². The van der Waals surface area contributed by atoms with E-state index in [1.165, 1.54) is 4.90 Å². The van der Waals surface area contributed by atoms with Gasteiger partial charge in [-0.1, -0.05) is 31.7 Å². The van der Waals surface area contributed by atoms with Gasteiger partial charge in [0, 0.05) is 62.4 Å². The van der Waals surface area contributed by atoms with Crippen LogP contribution in [0, 0.1) is 0 Å². The van der Waals surface area contributed by atoms with Gasteiger partial charge in [-0.2, -0.15) is 4.98 Å². The number of aromatic amines is 1. The second-order valence-electron chi connectivity index (χ2n) is 8.64. The second-order valence-corrected chi connectivity index (χ2v) is 8.64. The van der Waals surface area contributed by atoms with Crippen molar-refractivity contribution in [2.45, 2.75) is 19.9 Å². The van der Waals surface area contributed by atoms with Crippen molar-refractivity contribution in [1.82, 2.24) is 24.8 Å². The zero-order chi connectivity index (χ0) is 23.1. The van der Waals surface area contributed by atoms with E-state index in [4.69, 9.17) is 4.98 Å². The molecule has 4 heterocycles. The molecular weight excluding hydrogens is 418 g/mol. The van der Waals surface area contributed by atoms with Crippen LogP contribution in [0.3, 0.4) is 0 Å². The Kier molecular flexibility index (Phi) is 5.41. The highest BCUT2D eigenvalue weighted by Crippen LogP contribution is 2.33. The Labute approximate surface area is 192 Å². The van der Waals surface area contributed by atoms with E-state index >= 15 is 0 Å². The first-order valence-corrected chi connectivity index (χ1v) is 11.4. The molecule has 0 atom stereocenters. The highest BCUT2D eigenvalue weighted by atomic mass is 16.2. The highest BCUT2D eigenvalue weighted by molar-refractivity contribution is 6.08. The van der Waals surface area contributed by atoms with Crippen LogP contribution < -0.4 is 15.1 Å². The number of imidazole rings is 1. The molecule has 9 heteroatoms. The van der Waals surface area contributed by atoms with Crippen LogP contribution in [-0.2, 0) is 6.54 Å². The molecule has 0 spiro atoms. The highest BCUT2D eigenvalue weighted by Gasteiger charge is 2.33. The molecule has 1 aromatic carbocycles. The molecule has 172 valence electrons. The first-order valence-electron chi connectivity index (χ1n) is 11.4. The standard InChI is InChI=1S/C24H29N7O2/c1-4-9-31-21-16(2)26-24(33)28(3)22(21)27-23(31)30-12-10-29(11-13-30)15-20(32)18-14-25-19-8-6-5-7-17(18)19/h5-8,14,25H,2,4,9-13,15H2,1,3H3,(H,26,33). The maximum atomic E-state index is 13.0. The average molecular weight is 448 g/mol. The zero-order valence-electron chi connectivity index (χ0n) is 19.1. The summed E-state index contributed by atoms with van der Waals surface area (Å²) >= 11 is 0. The van der Waals surface area contributed by atoms with Crippen molar-refractivity contribution >= 4 is 40.2 Å². The molecular formula is C24H29N7O2. The Morgan fingerprint density at radius 2 is 1.94 bits per heavy atom. The number of ketones is 1. The predicted molar refractivity (Wildman–Crippen MR) is 130 cm³/mol. The van der Waals surface area contributed by atoms with Gasteiger partial charge in [0.05, 0.1) is 12.2 Å². The lowest BCUT2D eigenvalue weighted by Crippen LogP contribution is -2.48. The third-order valence-corrected chi connectivity index (χ3v) is 6.45. The van der Waals surface area contributed by atoms with Gasteiger partial charge in [-0.25, -0.2) is 4.79 Å². The van der Waals surface area contributed by atoms with Crippen LogP contribution in [0.2, 0.25) is 0 Å². The minimum Gasteiger partial charge on any atom is -0.360 e. The lowest BCUT2D eigenvalue weighted by Gasteiger charge is -2.35. The number of hydrogen-bond donors (Lipinski definition) is 2. The van der Waals surface area contributed by atoms with E-state index in [-0.39, 0.29) is 11.8 Å². The Morgan fingerprint density at radius 1 is 1.18 bits per heavy atom. The van der Waals surface area contributed by atoms with Gasteiger partial charge in [-0.15, -0.1) is 0 Å². The number of fused-ring (bicyclic) bond motifs is 2. The number of para-hydroxylation sites is 1. The van der Waals surface area contributed by atoms with Gasteiger partial charge in [0.2, 0.25) is 5.95 Å². The predicted octanol–water partition coefficient (Wildman–Crippen LogP) is 2.91. The van der Waals surface area contributed by atoms with Crippen molar-refractivity contribution in [3.63, 3.8) is 0 Å². The molecule has 1 saturated heterocycles. The van der Waals surface area contributed by atoms with Crippen LogP contribution in [0.15, 0.2) is 37.0 Å². The Morgan fingerprint density at radius 3 is 2.70 bits per heavy atom. The van der Waals surface area contributed by atoms with Crippen LogP contribution in [0.1, 0.15) is 29.4 Å². The summed E-state index contributed by atoms with van der Waals surface area (Å²) in [4.78, 5) is 39.2. The molecule has 2 aliphatic rings.